The molecule has 4 nitrogen and oxygen atoms in total. The third-order valence-corrected chi connectivity index (χ3v) is 4.30. The van der Waals surface area contributed by atoms with Crippen LogP contribution in [0, 0.1) is 13.8 Å². The van der Waals surface area contributed by atoms with E-state index in [9.17, 15) is 0 Å². The predicted molar refractivity (Wildman–Crippen MR) is 78.3 cm³/mol. The number of rotatable bonds is 4. The summed E-state index contributed by atoms with van der Waals surface area (Å²) in [4.78, 5) is 11.6. The molecule has 2 N–H and O–H groups in total. The summed E-state index contributed by atoms with van der Waals surface area (Å²) in [5.41, 5.74) is 7.40. The van der Waals surface area contributed by atoms with E-state index in [4.69, 9.17) is 5.73 Å². The SMILES string of the molecule is Cc1cc(C2CN=C(N)N2CCN(C)C)c(C)s1. The molecule has 18 heavy (non-hydrogen) atoms. The lowest BCUT2D eigenvalue weighted by Gasteiger charge is -2.27. The van der Waals surface area contributed by atoms with Crippen LogP contribution in [0.5, 0.6) is 0 Å². The van der Waals surface area contributed by atoms with Crippen LogP contribution in [0.4, 0.5) is 0 Å². The Morgan fingerprint density at radius 2 is 2.22 bits per heavy atom. The van der Waals surface area contributed by atoms with Crippen LogP contribution in [0.1, 0.15) is 21.4 Å². The molecule has 1 unspecified atom stereocenters. The number of guanidine groups is 1. The highest BCUT2D eigenvalue weighted by Gasteiger charge is 2.29. The summed E-state index contributed by atoms with van der Waals surface area (Å²) in [6.07, 6.45) is 0. The van der Waals surface area contributed by atoms with E-state index in [1.807, 2.05) is 11.3 Å². The van der Waals surface area contributed by atoms with Crippen molar-refractivity contribution < 1.29 is 0 Å². The van der Waals surface area contributed by atoms with Gasteiger partial charge in [-0.1, -0.05) is 0 Å². The molecule has 2 rings (SSSR count). The lowest BCUT2D eigenvalue weighted by molar-refractivity contribution is 0.293. The van der Waals surface area contributed by atoms with Crippen molar-refractivity contribution in [2.45, 2.75) is 19.9 Å². The fourth-order valence-electron chi connectivity index (χ4n) is 2.35. The largest absolute Gasteiger partial charge is 0.370 e. The Hall–Kier alpha value is -1.07. The number of thiophene rings is 1. The van der Waals surface area contributed by atoms with Crippen LogP contribution >= 0.6 is 11.3 Å². The topological polar surface area (TPSA) is 44.9 Å². The van der Waals surface area contributed by atoms with E-state index < -0.39 is 0 Å². The minimum Gasteiger partial charge on any atom is -0.370 e. The van der Waals surface area contributed by atoms with Gasteiger partial charge in [0.05, 0.1) is 12.6 Å². The number of nitrogens with zero attached hydrogens (tertiary/aromatic N) is 3. The summed E-state index contributed by atoms with van der Waals surface area (Å²) in [7, 11) is 4.16. The molecule has 100 valence electrons. The number of hydrogen-bond donors (Lipinski definition) is 1. The average molecular weight is 266 g/mol. The second-order valence-corrected chi connectivity index (χ2v) is 6.54. The first-order chi connectivity index (χ1) is 8.49. The Labute approximate surface area is 113 Å². The fraction of sp³-hybridized carbons (Fsp3) is 0.615. The standard InChI is InChI=1S/C13H22N4S/c1-9-7-11(10(2)18-9)12-8-15-13(14)17(12)6-5-16(3)4/h7,12H,5-6,8H2,1-4H3,(H2,14,15). The zero-order chi connectivity index (χ0) is 13.3. The van der Waals surface area contributed by atoms with Gasteiger partial charge in [0.1, 0.15) is 0 Å². The smallest absolute Gasteiger partial charge is 0.191 e. The van der Waals surface area contributed by atoms with E-state index in [0.29, 0.717) is 12.0 Å². The van der Waals surface area contributed by atoms with E-state index in [1.54, 1.807) is 0 Å². The van der Waals surface area contributed by atoms with Gasteiger partial charge in [-0.15, -0.1) is 11.3 Å². The van der Waals surface area contributed by atoms with Crippen molar-refractivity contribution in [1.82, 2.24) is 9.80 Å². The molecule has 0 radical (unpaired) electrons. The lowest BCUT2D eigenvalue weighted by atomic mass is 10.1. The molecule has 0 bridgehead atoms. The first-order valence-corrected chi connectivity index (χ1v) is 7.09. The summed E-state index contributed by atoms with van der Waals surface area (Å²) in [6.45, 7) is 7.06. The molecule has 1 aromatic rings. The van der Waals surface area contributed by atoms with Crippen LogP contribution in [0.15, 0.2) is 11.1 Å². The molecule has 0 aromatic carbocycles. The van der Waals surface area contributed by atoms with Gasteiger partial charge in [-0.3, -0.25) is 4.99 Å². The molecule has 0 amide bonds. The van der Waals surface area contributed by atoms with Gasteiger partial charge in [0, 0.05) is 22.8 Å². The maximum absolute atomic E-state index is 6.01. The summed E-state index contributed by atoms with van der Waals surface area (Å²) in [6, 6.07) is 2.61. The first-order valence-electron chi connectivity index (χ1n) is 6.27. The molecular weight excluding hydrogens is 244 g/mol. The second-order valence-electron chi connectivity index (χ2n) is 5.08. The van der Waals surface area contributed by atoms with Gasteiger partial charge in [-0.05, 0) is 39.6 Å². The van der Waals surface area contributed by atoms with Crippen LogP contribution in [0.3, 0.4) is 0 Å². The molecule has 1 atom stereocenters. The lowest BCUT2D eigenvalue weighted by Crippen LogP contribution is -2.40. The molecular formula is C13H22N4S. The minimum absolute atomic E-state index is 0.329. The zero-order valence-corrected chi connectivity index (χ0v) is 12.4. The Kier molecular flexibility index (Phi) is 3.92. The van der Waals surface area contributed by atoms with E-state index in [1.165, 1.54) is 15.3 Å². The first kappa shape index (κ1) is 13.4. The molecule has 5 heteroatoms. The highest BCUT2D eigenvalue weighted by atomic mass is 32.1. The summed E-state index contributed by atoms with van der Waals surface area (Å²) in [5.74, 6) is 0.685. The third-order valence-electron chi connectivity index (χ3n) is 3.32. The van der Waals surface area contributed by atoms with Crippen LogP contribution in [-0.4, -0.2) is 49.5 Å². The Morgan fingerprint density at radius 1 is 1.50 bits per heavy atom. The Morgan fingerprint density at radius 3 is 2.78 bits per heavy atom. The van der Waals surface area contributed by atoms with Crippen molar-refractivity contribution in [2.24, 2.45) is 10.7 Å². The van der Waals surface area contributed by atoms with Gasteiger partial charge in [0.15, 0.2) is 5.96 Å². The van der Waals surface area contributed by atoms with Crippen molar-refractivity contribution >= 4 is 17.3 Å². The number of nitrogens with two attached hydrogens (primary N) is 1. The molecule has 0 aliphatic carbocycles. The van der Waals surface area contributed by atoms with Gasteiger partial charge < -0.3 is 15.5 Å². The maximum Gasteiger partial charge on any atom is 0.191 e. The molecule has 0 saturated heterocycles. The quantitative estimate of drug-likeness (QED) is 0.900. The van der Waals surface area contributed by atoms with Crippen LogP contribution in [0.25, 0.3) is 0 Å². The summed E-state index contributed by atoms with van der Waals surface area (Å²) >= 11 is 1.85. The number of likely N-dealkylation sites (N-methyl/N-ethyl adjacent to an activating group) is 1. The van der Waals surface area contributed by atoms with Crippen LogP contribution in [-0.2, 0) is 0 Å². The normalized spacial score (nSPS) is 19.7. The van der Waals surface area contributed by atoms with E-state index in [0.717, 1.165) is 19.6 Å². The van der Waals surface area contributed by atoms with Gasteiger partial charge >= 0.3 is 0 Å². The van der Waals surface area contributed by atoms with Crippen molar-refractivity contribution in [2.75, 3.05) is 33.7 Å². The molecule has 0 fully saturated rings. The summed E-state index contributed by atoms with van der Waals surface area (Å²) < 4.78 is 0. The van der Waals surface area contributed by atoms with Gasteiger partial charge in [-0.2, -0.15) is 0 Å². The molecule has 0 saturated carbocycles. The molecule has 1 aliphatic heterocycles. The van der Waals surface area contributed by atoms with Crippen molar-refractivity contribution in [3.63, 3.8) is 0 Å². The monoisotopic (exact) mass is 266 g/mol. The number of hydrogen-bond acceptors (Lipinski definition) is 5. The van der Waals surface area contributed by atoms with E-state index in [-0.39, 0.29) is 0 Å². The predicted octanol–water partition coefficient (Wildman–Crippen LogP) is 1.60. The molecule has 1 aliphatic rings. The van der Waals surface area contributed by atoms with Gasteiger partial charge in [0.2, 0.25) is 0 Å². The van der Waals surface area contributed by atoms with Gasteiger partial charge in [-0.25, -0.2) is 0 Å². The van der Waals surface area contributed by atoms with Crippen molar-refractivity contribution in [1.29, 1.82) is 0 Å². The van der Waals surface area contributed by atoms with Crippen molar-refractivity contribution in [3.05, 3.63) is 21.4 Å². The number of aryl methyl sites for hydroxylation is 2. The second kappa shape index (κ2) is 5.28. The molecule has 2 heterocycles. The average Bonchev–Trinajstić information content (AvgIpc) is 2.79. The highest BCUT2D eigenvalue weighted by Crippen LogP contribution is 2.32. The van der Waals surface area contributed by atoms with Crippen LogP contribution in [0.2, 0.25) is 0 Å². The number of aliphatic imine (C=N–C) groups is 1. The molecule has 1 aromatic heterocycles. The highest BCUT2D eigenvalue weighted by molar-refractivity contribution is 7.12. The van der Waals surface area contributed by atoms with Gasteiger partial charge in [0.25, 0.3) is 0 Å². The third kappa shape index (κ3) is 2.67. The summed E-state index contributed by atoms with van der Waals surface area (Å²) in [5, 5.41) is 0. The fourth-order valence-corrected chi connectivity index (χ4v) is 3.34. The Balaban J connectivity index is 2.15. The minimum atomic E-state index is 0.329. The molecule has 0 spiro atoms. The zero-order valence-electron chi connectivity index (χ0n) is 11.6. The Bertz CT molecular complexity index is 450. The van der Waals surface area contributed by atoms with E-state index >= 15 is 0 Å². The maximum atomic E-state index is 6.01. The van der Waals surface area contributed by atoms with Crippen LogP contribution < -0.4 is 5.73 Å². The van der Waals surface area contributed by atoms with Crippen molar-refractivity contribution in [3.8, 4) is 0 Å². The van der Waals surface area contributed by atoms with E-state index in [2.05, 4.69) is 48.8 Å².